The number of nitrogens with zero attached hydrogens (tertiary/aromatic N) is 2. The third-order valence-electron chi connectivity index (χ3n) is 2.36. The largest absolute Gasteiger partial charge is 0.343 e. The number of aromatic amines is 1. The summed E-state index contributed by atoms with van der Waals surface area (Å²) in [5, 5.41) is 8.58. The topological polar surface area (TPSA) is 79.8 Å². The van der Waals surface area contributed by atoms with Gasteiger partial charge in [0.1, 0.15) is 5.69 Å². The van der Waals surface area contributed by atoms with Crippen molar-refractivity contribution in [2.45, 2.75) is 13.5 Å². The Bertz CT molecular complexity index is 612. The fraction of sp³-hybridized carbons (Fsp3) is 0.182. The average Bonchev–Trinajstić information content (AvgIpc) is 2.73. The number of rotatable bonds is 3. The van der Waals surface area contributed by atoms with Crippen molar-refractivity contribution >= 4 is 27.7 Å². The Morgan fingerprint density at radius 3 is 2.94 bits per heavy atom. The molecule has 0 bridgehead atoms. The highest BCUT2D eigenvalue weighted by molar-refractivity contribution is 9.10. The molecule has 7 heteroatoms. The number of hydrogen-bond acceptors (Lipinski definition) is 3. The molecular weight excluding hydrogens is 300 g/mol. The van der Waals surface area contributed by atoms with Crippen molar-refractivity contribution in [3.63, 3.8) is 0 Å². The van der Waals surface area contributed by atoms with Crippen LogP contribution >= 0.6 is 15.9 Å². The van der Waals surface area contributed by atoms with Crippen LogP contribution in [-0.4, -0.2) is 20.7 Å². The standard InChI is InChI=1S/C11H11BrN4O2/c1-2-16-6-7(12)5-8(16)11(18)13-9-3-4-10(17)15-14-9/h3-6H,2H2,1H3,(H,15,17)(H,13,14,18). The van der Waals surface area contributed by atoms with Crippen molar-refractivity contribution in [1.29, 1.82) is 0 Å². The molecule has 0 aliphatic rings. The lowest BCUT2D eigenvalue weighted by molar-refractivity contribution is 0.101. The van der Waals surface area contributed by atoms with Crippen molar-refractivity contribution in [3.05, 3.63) is 44.9 Å². The molecule has 2 aromatic heterocycles. The highest BCUT2D eigenvalue weighted by Crippen LogP contribution is 2.15. The first-order valence-electron chi connectivity index (χ1n) is 5.33. The number of hydrogen-bond donors (Lipinski definition) is 2. The van der Waals surface area contributed by atoms with Crippen LogP contribution in [0, 0.1) is 0 Å². The number of amides is 1. The van der Waals surface area contributed by atoms with E-state index in [1.807, 2.05) is 17.7 Å². The Hall–Kier alpha value is -1.89. The second-order valence-corrected chi connectivity index (χ2v) is 4.51. The molecule has 6 nitrogen and oxygen atoms in total. The maximum absolute atomic E-state index is 12.0. The van der Waals surface area contributed by atoms with Crippen LogP contribution in [0.1, 0.15) is 17.4 Å². The van der Waals surface area contributed by atoms with Crippen LogP contribution in [0.2, 0.25) is 0 Å². The minimum absolute atomic E-state index is 0.276. The van der Waals surface area contributed by atoms with E-state index in [0.717, 1.165) is 4.47 Å². The third kappa shape index (κ3) is 2.67. The van der Waals surface area contributed by atoms with Crippen LogP contribution in [0.5, 0.6) is 0 Å². The molecule has 0 aromatic carbocycles. The van der Waals surface area contributed by atoms with Gasteiger partial charge in [-0.25, -0.2) is 5.10 Å². The molecule has 0 unspecified atom stereocenters. The maximum Gasteiger partial charge on any atom is 0.273 e. The van der Waals surface area contributed by atoms with Gasteiger partial charge in [0.15, 0.2) is 5.82 Å². The van der Waals surface area contributed by atoms with Crippen molar-refractivity contribution in [1.82, 2.24) is 14.8 Å². The van der Waals surface area contributed by atoms with Gasteiger partial charge in [-0.2, -0.15) is 5.10 Å². The first-order chi connectivity index (χ1) is 8.60. The number of aryl methyl sites for hydroxylation is 1. The van der Waals surface area contributed by atoms with Gasteiger partial charge in [-0.1, -0.05) is 0 Å². The van der Waals surface area contributed by atoms with E-state index in [1.54, 1.807) is 6.07 Å². The smallest absolute Gasteiger partial charge is 0.273 e. The Kier molecular flexibility index (Phi) is 3.61. The number of halogens is 1. The van der Waals surface area contributed by atoms with Gasteiger partial charge in [-0.3, -0.25) is 9.59 Å². The molecule has 0 radical (unpaired) electrons. The average molecular weight is 311 g/mol. The first-order valence-corrected chi connectivity index (χ1v) is 6.12. The molecule has 2 N–H and O–H groups in total. The fourth-order valence-electron chi connectivity index (χ4n) is 1.52. The zero-order valence-corrected chi connectivity index (χ0v) is 11.2. The summed E-state index contributed by atoms with van der Waals surface area (Å²) in [6, 6.07) is 4.48. The van der Waals surface area contributed by atoms with Crippen molar-refractivity contribution < 1.29 is 4.79 Å². The van der Waals surface area contributed by atoms with Crippen LogP contribution in [0.4, 0.5) is 5.82 Å². The van der Waals surface area contributed by atoms with Gasteiger partial charge in [-0.05, 0) is 35.0 Å². The highest BCUT2D eigenvalue weighted by Gasteiger charge is 2.12. The Morgan fingerprint density at radius 1 is 1.56 bits per heavy atom. The normalized spacial score (nSPS) is 10.3. The summed E-state index contributed by atoms with van der Waals surface area (Å²) >= 11 is 3.32. The SMILES string of the molecule is CCn1cc(Br)cc1C(=O)Nc1ccc(=O)[nH]n1. The zero-order valence-electron chi connectivity index (χ0n) is 9.61. The van der Waals surface area contributed by atoms with E-state index in [0.29, 0.717) is 18.1 Å². The number of aromatic nitrogens is 3. The summed E-state index contributed by atoms with van der Waals surface area (Å²) in [5.41, 5.74) is 0.213. The van der Waals surface area contributed by atoms with Crippen LogP contribution in [0.15, 0.2) is 33.7 Å². The van der Waals surface area contributed by atoms with Gasteiger partial charge in [0, 0.05) is 23.3 Å². The third-order valence-corrected chi connectivity index (χ3v) is 2.79. The van der Waals surface area contributed by atoms with E-state index >= 15 is 0 Å². The molecule has 0 fully saturated rings. The lowest BCUT2D eigenvalue weighted by Crippen LogP contribution is -2.18. The quantitative estimate of drug-likeness (QED) is 0.903. The van der Waals surface area contributed by atoms with Crippen LogP contribution in [-0.2, 0) is 6.54 Å². The summed E-state index contributed by atoms with van der Waals surface area (Å²) < 4.78 is 2.65. The number of carbonyl (C=O) groups is 1. The van der Waals surface area contributed by atoms with Crippen LogP contribution < -0.4 is 10.9 Å². The monoisotopic (exact) mass is 310 g/mol. The van der Waals surface area contributed by atoms with E-state index < -0.39 is 0 Å². The van der Waals surface area contributed by atoms with Gasteiger partial charge in [0.2, 0.25) is 0 Å². The highest BCUT2D eigenvalue weighted by atomic mass is 79.9. The van der Waals surface area contributed by atoms with Gasteiger partial charge >= 0.3 is 0 Å². The van der Waals surface area contributed by atoms with E-state index in [4.69, 9.17) is 0 Å². The molecular formula is C11H11BrN4O2. The number of anilines is 1. The van der Waals surface area contributed by atoms with Gasteiger partial charge in [0.25, 0.3) is 11.5 Å². The van der Waals surface area contributed by atoms with E-state index in [9.17, 15) is 9.59 Å². The van der Waals surface area contributed by atoms with Gasteiger partial charge < -0.3 is 9.88 Å². The molecule has 2 rings (SSSR count). The van der Waals surface area contributed by atoms with Crippen LogP contribution in [0.25, 0.3) is 0 Å². The Balaban J connectivity index is 2.21. The van der Waals surface area contributed by atoms with Crippen LogP contribution in [0.3, 0.4) is 0 Å². The predicted molar refractivity (Wildman–Crippen MR) is 70.6 cm³/mol. The second-order valence-electron chi connectivity index (χ2n) is 3.59. The molecule has 1 amide bonds. The maximum atomic E-state index is 12.0. The summed E-state index contributed by atoms with van der Waals surface area (Å²) in [5.74, 6) is 0.0293. The van der Waals surface area contributed by atoms with Gasteiger partial charge in [-0.15, -0.1) is 0 Å². The molecule has 0 atom stereocenters. The summed E-state index contributed by atoms with van der Waals surface area (Å²) in [6.07, 6.45) is 1.83. The molecule has 94 valence electrons. The predicted octanol–water partition coefficient (Wildman–Crippen LogP) is 1.61. The van der Waals surface area contributed by atoms with E-state index in [-0.39, 0.29) is 11.5 Å². The van der Waals surface area contributed by atoms with E-state index in [2.05, 4.69) is 31.4 Å². The number of carbonyl (C=O) groups excluding carboxylic acids is 1. The first kappa shape index (κ1) is 12.6. The molecule has 0 aliphatic heterocycles. The molecule has 0 spiro atoms. The zero-order chi connectivity index (χ0) is 13.1. The Labute approximate surface area is 111 Å². The molecule has 18 heavy (non-hydrogen) atoms. The molecule has 2 heterocycles. The van der Waals surface area contributed by atoms with Crippen molar-refractivity contribution in [3.8, 4) is 0 Å². The lowest BCUT2D eigenvalue weighted by Gasteiger charge is -2.06. The molecule has 0 aliphatic carbocycles. The lowest BCUT2D eigenvalue weighted by atomic mass is 10.4. The molecule has 0 saturated heterocycles. The summed E-state index contributed by atoms with van der Waals surface area (Å²) in [7, 11) is 0. The summed E-state index contributed by atoms with van der Waals surface area (Å²) in [6.45, 7) is 2.63. The second kappa shape index (κ2) is 5.18. The fourth-order valence-corrected chi connectivity index (χ4v) is 1.99. The summed E-state index contributed by atoms with van der Waals surface area (Å²) in [4.78, 5) is 22.8. The minimum atomic E-state index is -0.312. The van der Waals surface area contributed by atoms with Crippen molar-refractivity contribution in [2.75, 3.05) is 5.32 Å². The van der Waals surface area contributed by atoms with Gasteiger partial charge in [0.05, 0.1) is 0 Å². The molecule has 2 aromatic rings. The Morgan fingerprint density at radius 2 is 2.33 bits per heavy atom. The van der Waals surface area contributed by atoms with E-state index in [1.165, 1.54) is 12.1 Å². The minimum Gasteiger partial charge on any atom is -0.343 e. The van der Waals surface area contributed by atoms with Crippen molar-refractivity contribution in [2.24, 2.45) is 0 Å². The number of nitrogens with one attached hydrogen (secondary N) is 2. The molecule has 0 saturated carbocycles. The number of H-pyrrole nitrogens is 1.